The third-order valence-corrected chi connectivity index (χ3v) is 1.78. The lowest BCUT2D eigenvalue weighted by molar-refractivity contribution is 1.47. The number of hydrogen-bond donors (Lipinski definition) is 1. The van der Waals surface area contributed by atoms with Crippen molar-refractivity contribution in [1.82, 2.24) is 0 Å². The van der Waals surface area contributed by atoms with E-state index in [1.807, 2.05) is 6.07 Å². The predicted octanol–water partition coefficient (Wildman–Crippen LogP) is 3.30. The van der Waals surface area contributed by atoms with Crippen LogP contribution in [0.2, 0.25) is 0 Å². The van der Waals surface area contributed by atoms with E-state index in [9.17, 15) is 0 Å². The fourth-order valence-electron chi connectivity index (χ4n) is 1.08. The zero-order chi connectivity index (χ0) is 14.9. The Bertz CT molecular complexity index is 675. The first kappa shape index (κ1) is 4.99. The average Bonchev–Trinajstić information content (AvgIpc) is 2.48. The SMILES string of the molecule is [2H]c1c([2H])c([2H])c(Nc2ccc(C#N)cc2)c([2H])c1[2H]. The van der Waals surface area contributed by atoms with E-state index in [1.54, 1.807) is 24.3 Å². The van der Waals surface area contributed by atoms with Gasteiger partial charge in [-0.05, 0) is 36.4 Å². The summed E-state index contributed by atoms with van der Waals surface area (Å²) in [5.74, 6) is 0. The standard InChI is InChI=1S/C13H10N2/c14-10-11-6-8-13(9-7-11)15-12-4-2-1-3-5-12/h1-9,15H/i1D,2D,3D,4D,5D. The molecule has 2 heteroatoms. The van der Waals surface area contributed by atoms with Crippen LogP contribution in [-0.2, 0) is 0 Å². The smallest absolute Gasteiger partial charge is 0.0991 e. The molecule has 0 aliphatic rings. The highest BCUT2D eigenvalue weighted by Gasteiger charge is 1.93. The fraction of sp³-hybridized carbons (Fsp3) is 0. The minimum atomic E-state index is -0.426. The van der Waals surface area contributed by atoms with E-state index < -0.39 is 6.04 Å². The maximum absolute atomic E-state index is 8.71. The van der Waals surface area contributed by atoms with E-state index in [-0.39, 0.29) is 29.9 Å². The van der Waals surface area contributed by atoms with Crippen LogP contribution in [-0.4, -0.2) is 0 Å². The molecular weight excluding hydrogens is 184 g/mol. The monoisotopic (exact) mass is 199 g/mol. The largest absolute Gasteiger partial charge is 0.356 e. The minimum Gasteiger partial charge on any atom is -0.356 e. The Balaban J connectivity index is 2.46. The Morgan fingerprint density at radius 2 is 1.67 bits per heavy atom. The van der Waals surface area contributed by atoms with Crippen LogP contribution in [0.15, 0.2) is 54.5 Å². The first-order valence-electron chi connectivity index (χ1n) is 6.79. The number of benzene rings is 2. The number of nitrogens with one attached hydrogen (secondary N) is 1. The molecule has 2 aromatic carbocycles. The molecule has 0 saturated heterocycles. The molecule has 0 aliphatic carbocycles. The maximum Gasteiger partial charge on any atom is 0.0991 e. The molecular formula is C13H10N2. The molecule has 0 aromatic heterocycles. The van der Waals surface area contributed by atoms with Crippen molar-refractivity contribution < 1.29 is 6.85 Å². The van der Waals surface area contributed by atoms with Gasteiger partial charge in [0.1, 0.15) is 0 Å². The normalized spacial score (nSPS) is 13.9. The molecule has 0 unspecified atom stereocenters. The van der Waals surface area contributed by atoms with Crippen LogP contribution in [0.5, 0.6) is 0 Å². The van der Waals surface area contributed by atoms with Crippen molar-refractivity contribution >= 4 is 11.4 Å². The summed E-state index contributed by atoms with van der Waals surface area (Å²) in [7, 11) is 0. The Hall–Kier alpha value is -2.27. The zero-order valence-corrected chi connectivity index (χ0v) is 7.76. The van der Waals surface area contributed by atoms with Crippen molar-refractivity contribution in [2.45, 2.75) is 0 Å². The molecule has 2 nitrogen and oxygen atoms in total. The van der Waals surface area contributed by atoms with Crippen LogP contribution in [0.1, 0.15) is 12.4 Å². The molecule has 2 rings (SSSR count). The fourth-order valence-corrected chi connectivity index (χ4v) is 1.08. The van der Waals surface area contributed by atoms with Crippen LogP contribution in [0.4, 0.5) is 11.4 Å². The number of para-hydroxylation sites is 1. The second kappa shape index (κ2) is 4.30. The van der Waals surface area contributed by atoms with Gasteiger partial charge in [-0.25, -0.2) is 0 Å². The van der Waals surface area contributed by atoms with E-state index in [1.165, 1.54) is 0 Å². The number of hydrogen-bond acceptors (Lipinski definition) is 2. The van der Waals surface area contributed by atoms with E-state index in [2.05, 4.69) is 5.32 Å². The lowest BCUT2D eigenvalue weighted by Gasteiger charge is -2.05. The van der Waals surface area contributed by atoms with E-state index in [0.717, 1.165) is 0 Å². The van der Waals surface area contributed by atoms with Gasteiger partial charge in [-0.1, -0.05) is 18.1 Å². The van der Waals surface area contributed by atoms with Gasteiger partial charge in [0.25, 0.3) is 0 Å². The molecule has 1 N–H and O–H groups in total. The van der Waals surface area contributed by atoms with E-state index in [4.69, 9.17) is 12.1 Å². The first-order chi connectivity index (χ1) is 9.45. The topological polar surface area (TPSA) is 35.8 Å². The van der Waals surface area contributed by atoms with Crippen molar-refractivity contribution in [2.24, 2.45) is 0 Å². The van der Waals surface area contributed by atoms with Gasteiger partial charge >= 0.3 is 0 Å². The van der Waals surface area contributed by atoms with Crippen molar-refractivity contribution in [1.29, 1.82) is 5.26 Å². The molecule has 0 atom stereocenters. The van der Waals surface area contributed by atoms with Gasteiger partial charge in [0, 0.05) is 11.4 Å². The minimum absolute atomic E-state index is 0.0145. The van der Waals surface area contributed by atoms with Gasteiger partial charge in [-0.3, -0.25) is 0 Å². The van der Waals surface area contributed by atoms with Gasteiger partial charge < -0.3 is 5.32 Å². The first-order valence-corrected chi connectivity index (χ1v) is 4.29. The Kier molecular flexibility index (Phi) is 1.43. The van der Waals surface area contributed by atoms with Crippen LogP contribution in [0.3, 0.4) is 0 Å². The summed E-state index contributed by atoms with van der Waals surface area (Å²) in [5, 5.41) is 11.5. The maximum atomic E-state index is 8.71. The van der Waals surface area contributed by atoms with Gasteiger partial charge in [0.05, 0.1) is 18.5 Å². The second-order valence-corrected chi connectivity index (χ2v) is 2.81. The van der Waals surface area contributed by atoms with Crippen LogP contribution in [0.25, 0.3) is 0 Å². The summed E-state index contributed by atoms with van der Waals surface area (Å²) in [6, 6.07) is 6.58. The molecule has 0 radical (unpaired) electrons. The highest BCUT2D eigenvalue weighted by molar-refractivity contribution is 5.60. The molecule has 0 aliphatic heterocycles. The second-order valence-electron chi connectivity index (χ2n) is 2.81. The van der Waals surface area contributed by atoms with Gasteiger partial charge in [0.15, 0.2) is 0 Å². The molecule has 0 saturated carbocycles. The number of rotatable bonds is 2. The van der Waals surface area contributed by atoms with Gasteiger partial charge in [-0.2, -0.15) is 5.26 Å². The van der Waals surface area contributed by atoms with Crippen LogP contribution < -0.4 is 5.32 Å². The lowest BCUT2D eigenvalue weighted by atomic mass is 10.2. The molecule has 0 heterocycles. The number of nitrogens with zero attached hydrogens (tertiary/aromatic N) is 1. The predicted molar refractivity (Wildman–Crippen MR) is 60.9 cm³/mol. The molecule has 15 heavy (non-hydrogen) atoms. The van der Waals surface area contributed by atoms with Crippen LogP contribution >= 0.6 is 0 Å². The molecule has 0 bridgehead atoms. The summed E-state index contributed by atoms with van der Waals surface area (Å²) in [4.78, 5) is 0. The highest BCUT2D eigenvalue weighted by Crippen LogP contribution is 2.15. The van der Waals surface area contributed by atoms with Crippen molar-refractivity contribution in [3.05, 3.63) is 60.0 Å². The third-order valence-electron chi connectivity index (χ3n) is 1.78. The lowest BCUT2D eigenvalue weighted by Crippen LogP contribution is -1.89. The average molecular weight is 199 g/mol. The Labute approximate surface area is 95.8 Å². The molecule has 72 valence electrons. The Morgan fingerprint density at radius 3 is 2.27 bits per heavy atom. The summed E-state index contributed by atoms with van der Waals surface area (Å²) < 4.78 is 38.2. The van der Waals surface area contributed by atoms with Crippen LogP contribution in [0, 0.1) is 11.3 Å². The number of anilines is 2. The Morgan fingerprint density at radius 1 is 1.00 bits per heavy atom. The summed E-state index contributed by atoms with van der Waals surface area (Å²) in [6.07, 6.45) is 0. The molecule has 0 amide bonds. The van der Waals surface area contributed by atoms with Gasteiger partial charge in [0.2, 0.25) is 0 Å². The van der Waals surface area contributed by atoms with Crippen molar-refractivity contribution in [2.75, 3.05) is 5.32 Å². The van der Waals surface area contributed by atoms with Crippen molar-refractivity contribution in [3.63, 3.8) is 0 Å². The highest BCUT2D eigenvalue weighted by atomic mass is 14.9. The van der Waals surface area contributed by atoms with E-state index in [0.29, 0.717) is 11.3 Å². The zero-order valence-electron chi connectivity index (χ0n) is 12.8. The van der Waals surface area contributed by atoms with Crippen molar-refractivity contribution in [3.8, 4) is 6.07 Å². The number of nitriles is 1. The summed E-state index contributed by atoms with van der Waals surface area (Å²) >= 11 is 0. The molecule has 0 spiro atoms. The quantitative estimate of drug-likeness (QED) is 0.805. The molecule has 0 fully saturated rings. The van der Waals surface area contributed by atoms with Gasteiger partial charge in [-0.15, -0.1) is 0 Å². The summed E-state index contributed by atoms with van der Waals surface area (Å²) in [6.45, 7) is 0. The van der Waals surface area contributed by atoms with E-state index >= 15 is 0 Å². The molecule has 2 aromatic rings. The summed E-state index contributed by atoms with van der Waals surface area (Å²) in [5.41, 5.74) is 1.04. The third kappa shape index (κ3) is 2.35.